The summed E-state index contributed by atoms with van der Waals surface area (Å²) in [6.45, 7) is 7.86. The average Bonchev–Trinajstić information content (AvgIpc) is 2.01. The Labute approximate surface area is 73.3 Å². The first-order chi connectivity index (χ1) is 5.63. The Balaban J connectivity index is 3.08. The fraction of sp³-hybridized carbons (Fsp3) is 0.300. The highest BCUT2D eigenvalue weighted by Crippen LogP contribution is 2.11. The Bertz CT molecular complexity index is 282. The summed E-state index contributed by atoms with van der Waals surface area (Å²) in [4.78, 5) is 4.28. The summed E-state index contributed by atoms with van der Waals surface area (Å²) in [5, 5.41) is 3.01. The molecule has 0 amide bonds. The largest absolute Gasteiger partial charge is 0.388 e. The molecule has 0 atom stereocenters. The molecule has 1 rings (SSSR count). The molecule has 0 aliphatic rings. The molecule has 1 aromatic heterocycles. The minimum absolute atomic E-state index is 0.934. The number of hydrogen-bond donors (Lipinski definition) is 1. The minimum Gasteiger partial charge on any atom is -0.388 e. The number of hydrogen-bond acceptors (Lipinski definition) is 2. The van der Waals surface area contributed by atoms with Gasteiger partial charge >= 0.3 is 0 Å². The number of aryl methyl sites for hydroxylation is 2. The Morgan fingerprint density at radius 1 is 1.33 bits per heavy atom. The van der Waals surface area contributed by atoms with E-state index in [4.69, 9.17) is 0 Å². The van der Waals surface area contributed by atoms with Gasteiger partial charge in [-0.15, -0.1) is 0 Å². The Morgan fingerprint density at radius 3 is 2.25 bits per heavy atom. The second kappa shape index (κ2) is 3.39. The maximum Gasteiger partial charge on any atom is 0.0382 e. The summed E-state index contributed by atoms with van der Waals surface area (Å²) in [6, 6.07) is 4.04. The molecule has 12 heavy (non-hydrogen) atoms. The Kier molecular flexibility index (Phi) is 2.48. The van der Waals surface area contributed by atoms with Crippen LogP contribution in [-0.2, 0) is 0 Å². The first-order valence-electron chi connectivity index (χ1n) is 3.96. The van der Waals surface area contributed by atoms with Gasteiger partial charge in [-0.2, -0.15) is 0 Å². The molecule has 0 aliphatic heterocycles. The summed E-state index contributed by atoms with van der Waals surface area (Å²) in [5.74, 6) is 0. The van der Waals surface area contributed by atoms with Crippen molar-refractivity contribution in [3.8, 4) is 0 Å². The lowest BCUT2D eigenvalue weighted by atomic mass is 10.1. The zero-order valence-electron chi connectivity index (χ0n) is 7.81. The van der Waals surface area contributed by atoms with Gasteiger partial charge in [0.05, 0.1) is 0 Å². The van der Waals surface area contributed by atoms with Gasteiger partial charge in [-0.25, -0.2) is 0 Å². The molecule has 1 aromatic rings. The number of nitrogens with zero attached hydrogens (tertiary/aromatic N) is 1. The van der Waals surface area contributed by atoms with Crippen LogP contribution in [0.15, 0.2) is 18.7 Å². The van der Waals surface area contributed by atoms with E-state index in [1.54, 1.807) is 0 Å². The molecule has 0 spiro atoms. The Hall–Kier alpha value is -1.31. The van der Waals surface area contributed by atoms with Crippen LogP contribution in [0.1, 0.15) is 17.0 Å². The van der Waals surface area contributed by atoms with E-state index in [2.05, 4.69) is 16.9 Å². The third kappa shape index (κ3) is 1.84. The molecule has 0 unspecified atom stereocenters. The fourth-order valence-electron chi connectivity index (χ4n) is 1.15. The van der Waals surface area contributed by atoms with Crippen molar-refractivity contribution in [2.24, 2.45) is 0 Å². The van der Waals surface area contributed by atoms with Crippen molar-refractivity contribution in [2.75, 3.05) is 7.05 Å². The smallest absolute Gasteiger partial charge is 0.0382 e. The van der Waals surface area contributed by atoms with Crippen LogP contribution < -0.4 is 5.32 Å². The molecule has 1 heterocycles. The van der Waals surface area contributed by atoms with Gasteiger partial charge in [0, 0.05) is 29.7 Å². The molecule has 0 fully saturated rings. The van der Waals surface area contributed by atoms with Crippen LogP contribution in [0.25, 0.3) is 5.70 Å². The molecule has 0 aromatic carbocycles. The molecule has 0 radical (unpaired) electrons. The van der Waals surface area contributed by atoms with Crippen LogP contribution in [0.2, 0.25) is 0 Å². The van der Waals surface area contributed by atoms with Crippen molar-refractivity contribution in [1.82, 2.24) is 10.3 Å². The number of nitrogens with one attached hydrogen (secondary N) is 1. The molecular weight excluding hydrogens is 148 g/mol. The van der Waals surface area contributed by atoms with E-state index >= 15 is 0 Å². The predicted molar refractivity (Wildman–Crippen MR) is 51.8 cm³/mol. The topological polar surface area (TPSA) is 24.9 Å². The van der Waals surface area contributed by atoms with Crippen LogP contribution >= 0.6 is 0 Å². The van der Waals surface area contributed by atoms with Crippen molar-refractivity contribution in [2.45, 2.75) is 13.8 Å². The van der Waals surface area contributed by atoms with Gasteiger partial charge in [0.15, 0.2) is 0 Å². The minimum atomic E-state index is 0.934. The quantitative estimate of drug-likeness (QED) is 0.718. The highest BCUT2D eigenvalue weighted by atomic mass is 14.8. The van der Waals surface area contributed by atoms with Gasteiger partial charge in [0.2, 0.25) is 0 Å². The van der Waals surface area contributed by atoms with Crippen molar-refractivity contribution in [1.29, 1.82) is 0 Å². The molecule has 64 valence electrons. The zero-order valence-corrected chi connectivity index (χ0v) is 7.81. The van der Waals surface area contributed by atoms with Gasteiger partial charge in [0.1, 0.15) is 0 Å². The lowest BCUT2D eigenvalue weighted by Gasteiger charge is -2.06. The molecular formula is C10H14N2. The van der Waals surface area contributed by atoms with Crippen LogP contribution in [0.4, 0.5) is 0 Å². The normalized spacial score (nSPS) is 9.58. The molecule has 1 N–H and O–H groups in total. The second-order valence-electron chi connectivity index (χ2n) is 2.87. The van der Waals surface area contributed by atoms with Crippen molar-refractivity contribution >= 4 is 5.70 Å². The zero-order chi connectivity index (χ0) is 9.14. The van der Waals surface area contributed by atoms with Gasteiger partial charge in [-0.1, -0.05) is 6.58 Å². The molecule has 0 saturated heterocycles. The molecule has 0 bridgehead atoms. The van der Waals surface area contributed by atoms with E-state index in [-0.39, 0.29) is 0 Å². The maximum absolute atomic E-state index is 4.28. The summed E-state index contributed by atoms with van der Waals surface area (Å²) in [5.41, 5.74) is 4.11. The van der Waals surface area contributed by atoms with Gasteiger partial charge in [0.25, 0.3) is 0 Å². The van der Waals surface area contributed by atoms with Crippen molar-refractivity contribution in [3.05, 3.63) is 35.7 Å². The molecule has 2 heteroatoms. The highest BCUT2D eigenvalue weighted by molar-refractivity contribution is 5.61. The summed E-state index contributed by atoms with van der Waals surface area (Å²) < 4.78 is 0. The SMILES string of the molecule is C=C(NC)c1cc(C)nc(C)c1. The molecule has 0 aliphatic carbocycles. The fourth-order valence-corrected chi connectivity index (χ4v) is 1.15. The van der Waals surface area contributed by atoms with E-state index in [0.717, 1.165) is 22.6 Å². The van der Waals surface area contributed by atoms with Crippen molar-refractivity contribution < 1.29 is 0 Å². The van der Waals surface area contributed by atoms with Crippen LogP contribution in [-0.4, -0.2) is 12.0 Å². The number of pyridine rings is 1. The van der Waals surface area contributed by atoms with E-state index in [0.29, 0.717) is 0 Å². The Morgan fingerprint density at radius 2 is 1.83 bits per heavy atom. The third-order valence-electron chi connectivity index (χ3n) is 1.73. The van der Waals surface area contributed by atoms with E-state index in [9.17, 15) is 0 Å². The summed E-state index contributed by atoms with van der Waals surface area (Å²) in [7, 11) is 1.87. The van der Waals surface area contributed by atoms with E-state index in [1.165, 1.54) is 0 Å². The summed E-state index contributed by atoms with van der Waals surface area (Å²) >= 11 is 0. The standard InChI is InChI=1S/C10H14N2/c1-7-5-10(9(3)11-4)6-8(2)12-7/h5-6,11H,3H2,1-2,4H3. The van der Waals surface area contributed by atoms with Crippen LogP contribution in [0, 0.1) is 13.8 Å². The van der Waals surface area contributed by atoms with Crippen LogP contribution in [0.5, 0.6) is 0 Å². The average molecular weight is 162 g/mol. The molecule has 2 nitrogen and oxygen atoms in total. The van der Waals surface area contributed by atoms with Gasteiger partial charge in [-0.05, 0) is 26.0 Å². The number of rotatable bonds is 2. The maximum atomic E-state index is 4.28. The monoisotopic (exact) mass is 162 g/mol. The lowest BCUT2D eigenvalue weighted by Crippen LogP contribution is -2.03. The second-order valence-corrected chi connectivity index (χ2v) is 2.87. The first-order valence-corrected chi connectivity index (χ1v) is 3.96. The lowest BCUT2D eigenvalue weighted by molar-refractivity contribution is 1.09. The van der Waals surface area contributed by atoms with E-state index in [1.807, 2.05) is 33.0 Å². The van der Waals surface area contributed by atoms with Crippen LogP contribution in [0.3, 0.4) is 0 Å². The van der Waals surface area contributed by atoms with Crippen molar-refractivity contribution in [3.63, 3.8) is 0 Å². The summed E-state index contributed by atoms with van der Waals surface area (Å²) in [6.07, 6.45) is 0. The van der Waals surface area contributed by atoms with Gasteiger partial charge < -0.3 is 5.32 Å². The van der Waals surface area contributed by atoms with E-state index < -0.39 is 0 Å². The molecule has 0 saturated carbocycles. The van der Waals surface area contributed by atoms with Gasteiger partial charge in [-0.3, -0.25) is 4.98 Å². The predicted octanol–water partition coefficient (Wildman–Crippen LogP) is 1.89. The number of aromatic nitrogens is 1. The third-order valence-corrected chi connectivity index (χ3v) is 1.73. The first kappa shape index (κ1) is 8.78. The highest BCUT2D eigenvalue weighted by Gasteiger charge is 1.98.